The first-order valence-electron chi connectivity index (χ1n) is 8.72. The Hall–Kier alpha value is -2.86. The number of aromatic nitrogens is 1. The second-order valence-corrected chi connectivity index (χ2v) is 6.38. The highest BCUT2D eigenvalue weighted by atomic mass is 16.5. The van der Waals surface area contributed by atoms with E-state index in [0.29, 0.717) is 18.8 Å². The van der Waals surface area contributed by atoms with Crippen LogP contribution in [-0.4, -0.2) is 54.0 Å². The van der Waals surface area contributed by atoms with Crippen molar-refractivity contribution in [2.45, 2.75) is 6.54 Å². The summed E-state index contributed by atoms with van der Waals surface area (Å²) in [6.07, 6.45) is 1.53. The summed E-state index contributed by atoms with van der Waals surface area (Å²) < 4.78 is 10.6. The highest BCUT2D eigenvalue weighted by Gasteiger charge is 2.23. The molecule has 1 amide bonds. The third kappa shape index (κ3) is 3.28. The molecule has 1 fully saturated rings. The molecule has 0 atom stereocenters. The number of ether oxygens (including phenoxy) is 1. The Bertz CT molecular complexity index is 900. The van der Waals surface area contributed by atoms with E-state index < -0.39 is 0 Å². The Morgan fingerprint density at radius 2 is 1.96 bits per heavy atom. The molecule has 3 aromatic rings. The van der Waals surface area contributed by atoms with Crippen molar-refractivity contribution in [3.63, 3.8) is 0 Å². The highest BCUT2D eigenvalue weighted by molar-refractivity contribution is 5.91. The summed E-state index contributed by atoms with van der Waals surface area (Å²) >= 11 is 0. The number of hydrogen-bond acceptors (Lipinski definition) is 5. The Kier molecular flexibility index (Phi) is 4.58. The number of piperazine rings is 1. The fourth-order valence-corrected chi connectivity index (χ4v) is 3.31. The molecule has 0 unspecified atom stereocenters. The lowest BCUT2D eigenvalue weighted by atomic mass is 10.2. The lowest BCUT2D eigenvalue weighted by Crippen LogP contribution is -2.48. The van der Waals surface area contributed by atoms with Gasteiger partial charge in [-0.3, -0.25) is 9.69 Å². The van der Waals surface area contributed by atoms with Gasteiger partial charge in [0.25, 0.3) is 5.91 Å². The van der Waals surface area contributed by atoms with E-state index in [1.165, 1.54) is 6.26 Å². The summed E-state index contributed by atoms with van der Waals surface area (Å²) in [4.78, 5) is 21.3. The predicted molar refractivity (Wildman–Crippen MR) is 98.2 cm³/mol. The Morgan fingerprint density at radius 3 is 2.69 bits per heavy atom. The number of furan rings is 1. The van der Waals surface area contributed by atoms with Crippen LogP contribution in [0.25, 0.3) is 10.9 Å². The van der Waals surface area contributed by atoms with Gasteiger partial charge in [0.15, 0.2) is 5.76 Å². The molecule has 2 aromatic heterocycles. The van der Waals surface area contributed by atoms with E-state index in [4.69, 9.17) is 14.1 Å². The van der Waals surface area contributed by atoms with E-state index in [2.05, 4.69) is 17.0 Å². The van der Waals surface area contributed by atoms with Gasteiger partial charge in [0.05, 0.1) is 19.1 Å². The number of pyridine rings is 1. The number of carbonyl (C=O) groups is 1. The maximum Gasteiger partial charge on any atom is 0.289 e. The summed E-state index contributed by atoms with van der Waals surface area (Å²) in [5.74, 6) is 1.16. The molecule has 0 bridgehead atoms. The fraction of sp³-hybridized carbons (Fsp3) is 0.300. The molecule has 0 radical (unpaired) electrons. The summed E-state index contributed by atoms with van der Waals surface area (Å²) in [6.45, 7) is 3.78. The number of methoxy groups -OCH3 is 1. The van der Waals surface area contributed by atoms with E-state index in [0.717, 1.165) is 42.0 Å². The van der Waals surface area contributed by atoms with Crippen LogP contribution in [0.2, 0.25) is 0 Å². The number of para-hydroxylation sites is 1. The molecular weight excluding hydrogens is 330 g/mol. The van der Waals surface area contributed by atoms with Crippen LogP contribution in [0.4, 0.5) is 0 Å². The maximum absolute atomic E-state index is 12.3. The zero-order valence-electron chi connectivity index (χ0n) is 14.7. The molecular formula is C20H21N3O3. The average molecular weight is 351 g/mol. The van der Waals surface area contributed by atoms with Crippen LogP contribution in [0, 0.1) is 0 Å². The van der Waals surface area contributed by atoms with Gasteiger partial charge in [-0.25, -0.2) is 4.98 Å². The summed E-state index contributed by atoms with van der Waals surface area (Å²) in [7, 11) is 1.67. The van der Waals surface area contributed by atoms with Crippen LogP contribution in [0.3, 0.4) is 0 Å². The van der Waals surface area contributed by atoms with Gasteiger partial charge in [-0.15, -0.1) is 0 Å². The van der Waals surface area contributed by atoms with Crippen molar-refractivity contribution in [3.05, 3.63) is 60.2 Å². The topological polar surface area (TPSA) is 58.8 Å². The van der Waals surface area contributed by atoms with Gasteiger partial charge in [-0.1, -0.05) is 18.2 Å². The zero-order chi connectivity index (χ0) is 17.9. The molecule has 1 aliphatic rings. The van der Waals surface area contributed by atoms with Crippen LogP contribution in [0.1, 0.15) is 16.2 Å². The van der Waals surface area contributed by atoms with Crippen LogP contribution in [0.5, 0.6) is 5.75 Å². The second kappa shape index (κ2) is 7.17. The Morgan fingerprint density at radius 1 is 1.12 bits per heavy atom. The van der Waals surface area contributed by atoms with E-state index in [1.807, 2.05) is 23.1 Å². The molecule has 1 aromatic carbocycles. The Balaban J connectivity index is 1.41. The molecule has 6 nitrogen and oxygen atoms in total. The SMILES string of the molecule is COc1cccc2ccc(CN3CCN(C(=O)c4ccco4)CC3)nc12. The van der Waals surface area contributed by atoms with Gasteiger partial charge in [0.2, 0.25) is 0 Å². The van der Waals surface area contributed by atoms with Crippen molar-refractivity contribution in [1.82, 2.24) is 14.8 Å². The quantitative estimate of drug-likeness (QED) is 0.723. The van der Waals surface area contributed by atoms with Crippen LogP contribution in [0.15, 0.2) is 53.1 Å². The van der Waals surface area contributed by atoms with Crippen molar-refractivity contribution in [1.29, 1.82) is 0 Å². The minimum atomic E-state index is -0.0387. The lowest BCUT2D eigenvalue weighted by molar-refractivity contribution is 0.0596. The lowest BCUT2D eigenvalue weighted by Gasteiger charge is -2.34. The number of nitrogens with zero attached hydrogens (tertiary/aromatic N) is 3. The van der Waals surface area contributed by atoms with Gasteiger partial charge < -0.3 is 14.1 Å². The number of rotatable bonds is 4. The largest absolute Gasteiger partial charge is 0.494 e. The molecule has 0 spiro atoms. The number of hydrogen-bond donors (Lipinski definition) is 0. The molecule has 0 saturated carbocycles. The molecule has 6 heteroatoms. The molecule has 0 aliphatic carbocycles. The molecule has 1 aliphatic heterocycles. The normalized spacial score (nSPS) is 15.3. The monoisotopic (exact) mass is 351 g/mol. The fourth-order valence-electron chi connectivity index (χ4n) is 3.31. The summed E-state index contributed by atoms with van der Waals surface area (Å²) in [5, 5.41) is 1.07. The third-order valence-corrected chi connectivity index (χ3v) is 4.74. The van der Waals surface area contributed by atoms with Crippen LogP contribution in [-0.2, 0) is 6.54 Å². The van der Waals surface area contributed by atoms with E-state index >= 15 is 0 Å². The molecule has 26 heavy (non-hydrogen) atoms. The van der Waals surface area contributed by atoms with Crippen molar-refractivity contribution in [3.8, 4) is 5.75 Å². The standard InChI is InChI=1S/C20H21N3O3/c1-25-17-5-2-4-15-7-8-16(21-19(15)17)14-22-9-11-23(12-10-22)20(24)18-6-3-13-26-18/h2-8,13H,9-12,14H2,1H3. The number of carbonyl (C=O) groups excluding carboxylic acids is 1. The number of benzene rings is 1. The summed E-state index contributed by atoms with van der Waals surface area (Å²) in [6, 6.07) is 13.5. The zero-order valence-corrected chi connectivity index (χ0v) is 14.7. The van der Waals surface area contributed by atoms with Crippen molar-refractivity contribution in [2.24, 2.45) is 0 Å². The molecule has 3 heterocycles. The smallest absolute Gasteiger partial charge is 0.289 e. The van der Waals surface area contributed by atoms with E-state index in [-0.39, 0.29) is 5.91 Å². The van der Waals surface area contributed by atoms with Gasteiger partial charge in [0, 0.05) is 38.1 Å². The van der Waals surface area contributed by atoms with E-state index in [1.54, 1.807) is 19.2 Å². The van der Waals surface area contributed by atoms with E-state index in [9.17, 15) is 4.79 Å². The highest BCUT2D eigenvalue weighted by Crippen LogP contribution is 2.24. The van der Waals surface area contributed by atoms with Gasteiger partial charge in [-0.05, 0) is 24.3 Å². The molecule has 4 rings (SSSR count). The molecule has 134 valence electrons. The van der Waals surface area contributed by atoms with Crippen LogP contribution >= 0.6 is 0 Å². The van der Waals surface area contributed by atoms with Crippen LogP contribution < -0.4 is 4.74 Å². The van der Waals surface area contributed by atoms with Gasteiger partial charge in [0.1, 0.15) is 11.3 Å². The average Bonchev–Trinajstić information content (AvgIpc) is 3.22. The number of fused-ring (bicyclic) bond motifs is 1. The molecule has 0 N–H and O–H groups in total. The second-order valence-electron chi connectivity index (χ2n) is 6.38. The van der Waals surface area contributed by atoms with Crippen molar-refractivity contribution < 1.29 is 13.9 Å². The third-order valence-electron chi connectivity index (χ3n) is 4.74. The first-order chi connectivity index (χ1) is 12.7. The van der Waals surface area contributed by atoms with Crippen molar-refractivity contribution >= 4 is 16.8 Å². The molecule has 1 saturated heterocycles. The van der Waals surface area contributed by atoms with Gasteiger partial charge >= 0.3 is 0 Å². The van der Waals surface area contributed by atoms with Gasteiger partial charge in [-0.2, -0.15) is 0 Å². The number of amides is 1. The maximum atomic E-state index is 12.3. The van der Waals surface area contributed by atoms with Crippen molar-refractivity contribution in [2.75, 3.05) is 33.3 Å². The first-order valence-corrected chi connectivity index (χ1v) is 8.72. The minimum absolute atomic E-state index is 0.0387. The first kappa shape index (κ1) is 16.6. The summed E-state index contributed by atoms with van der Waals surface area (Å²) in [5.41, 5.74) is 1.90. The Labute approximate surface area is 152 Å². The minimum Gasteiger partial charge on any atom is -0.494 e. The predicted octanol–water partition coefficient (Wildman–Crippen LogP) is 2.79.